The summed E-state index contributed by atoms with van der Waals surface area (Å²) in [6, 6.07) is 11.9. The zero-order valence-corrected chi connectivity index (χ0v) is 34.4. The molecule has 4 bridgehead atoms. The van der Waals surface area contributed by atoms with Crippen molar-refractivity contribution in [3.05, 3.63) is 121 Å². The Morgan fingerprint density at radius 2 is 1.82 bits per heavy atom. The van der Waals surface area contributed by atoms with E-state index in [-0.39, 0.29) is 57.8 Å². The zero-order valence-electron chi connectivity index (χ0n) is 34.4. The summed E-state index contributed by atoms with van der Waals surface area (Å²) in [4.78, 5) is 37.7. The molecule has 61 heavy (non-hydrogen) atoms. The molecule has 9 rings (SSSR count). The molecule has 0 radical (unpaired) electrons. The molecule has 0 amide bonds. The highest BCUT2D eigenvalue weighted by Crippen LogP contribution is 2.58. The lowest BCUT2D eigenvalue weighted by Gasteiger charge is -2.49. The Morgan fingerprint density at radius 3 is 2.54 bits per heavy atom. The molecule has 318 valence electrons. The van der Waals surface area contributed by atoms with Gasteiger partial charge in [0.1, 0.15) is 63.9 Å². The Balaban J connectivity index is 1.39. The van der Waals surface area contributed by atoms with Gasteiger partial charge in [0.15, 0.2) is 5.43 Å². The van der Waals surface area contributed by atoms with Gasteiger partial charge in [0, 0.05) is 64.9 Å². The third-order valence-electron chi connectivity index (χ3n) is 14.1. The number of hydrogen-bond acceptors (Lipinski definition) is 13. The first kappa shape index (κ1) is 40.5. The van der Waals surface area contributed by atoms with E-state index >= 15 is 0 Å². The number of aromatic hydroxyl groups is 2. The summed E-state index contributed by atoms with van der Waals surface area (Å²) in [7, 11) is 0. The molecule has 0 spiro atoms. The second kappa shape index (κ2) is 15.8. The van der Waals surface area contributed by atoms with E-state index in [4.69, 9.17) is 25.4 Å². The van der Waals surface area contributed by atoms with Crippen LogP contribution < -0.4 is 21.6 Å². The number of fused-ring (bicyclic) bond motifs is 5. The van der Waals surface area contributed by atoms with Gasteiger partial charge in [-0.2, -0.15) is 0 Å². The number of phenolic OH excluding ortho intramolecular Hbond substituents is 2. The highest BCUT2D eigenvalue weighted by molar-refractivity contribution is 5.92. The molecule has 2 aliphatic carbocycles. The number of nitrogens with two attached hydrogens (primary N) is 2. The van der Waals surface area contributed by atoms with Crippen molar-refractivity contribution >= 4 is 28.6 Å². The second-order valence-electron chi connectivity index (χ2n) is 17.4. The van der Waals surface area contributed by atoms with Crippen LogP contribution in [-0.2, 0) is 35.4 Å². The van der Waals surface area contributed by atoms with Crippen molar-refractivity contribution in [3.8, 4) is 17.2 Å². The third-order valence-corrected chi connectivity index (χ3v) is 14.1. The Morgan fingerprint density at radius 1 is 1.02 bits per heavy atom. The fraction of sp³-hybridized carbons (Fsp3) is 0.417. The lowest BCUT2D eigenvalue weighted by atomic mass is 9.67. The van der Waals surface area contributed by atoms with Gasteiger partial charge in [0.25, 0.3) is 0 Å². The maximum atomic E-state index is 14.5. The van der Waals surface area contributed by atoms with Crippen LogP contribution in [0.4, 0.5) is 11.6 Å². The van der Waals surface area contributed by atoms with Gasteiger partial charge in [0.2, 0.25) is 0 Å². The molecule has 6 atom stereocenters. The Labute approximate surface area is 353 Å². The van der Waals surface area contributed by atoms with Crippen molar-refractivity contribution < 1.29 is 39.1 Å². The van der Waals surface area contributed by atoms with E-state index in [1.165, 1.54) is 0 Å². The first-order chi connectivity index (χ1) is 29.4. The molecule has 13 nitrogen and oxygen atoms in total. The van der Waals surface area contributed by atoms with Gasteiger partial charge in [-0.1, -0.05) is 31.1 Å². The summed E-state index contributed by atoms with van der Waals surface area (Å²) in [6.07, 6.45) is 10.1. The molecule has 4 aliphatic rings. The van der Waals surface area contributed by atoms with Crippen LogP contribution in [0.1, 0.15) is 115 Å². The summed E-state index contributed by atoms with van der Waals surface area (Å²) < 4.78 is 20.6. The molecule has 6 unspecified atom stereocenters. The second-order valence-corrected chi connectivity index (χ2v) is 17.4. The van der Waals surface area contributed by atoms with Gasteiger partial charge in [-0.05, 0) is 111 Å². The maximum absolute atomic E-state index is 14.5. The number of allylic oxidation sites excluding steroid dienone is 1. The number of ether oxygens (including phenoxy) is 2. The minimum absolute atomic E-state index is 0.0148. The zero-order chi connectivity index (χ0) is 42.7. The minimum Gasteiger partial charge on any atom is -0.508 e. The number of carbonyl (C=O) groups excluding carboxylic acids is 1. The molecule has 8 N–H and O–H groups in total. The number of esters is 1. The van der Waals surface area contributed by atoms with Crippen LogP contribution >= 0.6 is 0 Å². The van der Waals surface area contributed by atoms with Gasteiger partial charge in [0.05, 0.1) is 6.61 Å². The highest BCUT2D eigenvalue weighted by atomic mass is 16.6. The molecule has 1 saturated carbocycles. The lowest BCUT2D eigenvalue weighted by Crippen LogP contribution is -2.57. The molecule has 2 aromatic carbocycles. The normalized spacial score (nSPS) is 24.9. The van der Waals surface area contributed by atoms with Crippen LogP contribution in [0.2, 0.25) is 0 Å². The summed E-state index contributed by atoms with van der Waals surface area (Å²) in [6.45, 7) is 2.78. The van der Waals surface area contributed by atoms with Crippen molar-refractivity contribution in [2.45, 2.75) is 108 Å². The monoisotopic (exact) mass is 828 g/mol. The molecule has 13 heteroatoms. The average Bonchev–Trinajstić information content (AvgIpc) is 3.79. The minimum atomic E-state index is -1.30. The Kier molecular flexibility index (Phi) is 10.5. The van der Waals surface area contributed by atoms with E-state index in [2.05, 4.69) is 9.97 Å². The number of pyridine rings is 2. The number of aliphatic hydroxyl groups is 2. The SMILES string of the molecule is CC=C(C(=O)OC1Cc2c3c(c4oc(CO)cc(=O)c4c2O)C2c4ccnc(N)c4C(CCc4ccc(O)cc4C2CO)CC(Cc2ccc(N)nc2)C1(C)O3)C1CCCC1. The number of anilines is 2. The van der Waals surface area contributed by atoms with E-state index in [9.17, 15) is 30.0 Å². The van der Waals surface area contributed by atoms with Crippen LogP contribution in [0.25, 0.3) is 11.0 Å². The maximum Gasteiger partial charge on any atom is 0.334 e. The summed E-state index contributed by atoms with van der Waals surface area (Å²) >= 11 is 0. The number of nitrogens with zero attached hydrogens (tertiary/aromatic N) is 2. The van der Waals surface area contributed by atoms with Crippen molar-refractivity contribution in [2.24, 2.45) is 11.8 Å². The summed E-state index contributed by atoms with van der Waals surface area (Å²) in [5.41, 5.74) is 16.3. The summed E-state index contributed by atoms with van der Waals surface area (Å²) in [5, 5.41) is 45.2. The van der Waals surface area contributed by atoms with Crippen LogP contribution in [0.3, 0.4) is 0 Å². The van der Waals surface area contributed by atoms with Gasteiger partial charge in [-0.3, -0.25) is 4.79 Å². The molecular formula is C48H52N4O9. The number of aryl methyl sites for hydroxylation is 1. The predicted octanol–water partition coefficient (Wildman–Crippen LogP) is 6.59. The fourth-order valence-electron chi connectivity index (χ4n) is 11.0. The van der Waals surface area contributed by atoms with E-state index in [1.807, 2.05) is 38.1 Å². The lowest BCUT2D eigenvalue weighted by molar-refractivity contribution is -0.166. The number of hydrogen-bond donors (Lipinski definition) is 6. The Hall–Kier alpha value is -5.92. The number of rotatable bonds is 7. The standard InChI is InChI=1S/C48H52N4O9/c1-3-31(25-6-4-5-7-25)47(58)60-37-20-34-43(57)41-36(56)19-30(22-53)59-45(41)42-40-32-14-15-51-46(50)39(32)27(10-9-26-11-12-29(55)18-33(26)35(40)23-54)17-28(48(37,2)61-44(34)42)16-24-8-13-38(49)52-21-24/h3,8,11-15,18-19,21,25,27-28,35,37,40,53-55,57H,4-7,9-10,16-17,20,22-23H2,1-2H3,(H2,49,52)(H2,50,51). The molecule has 5 aromatic rings. The first-order valence-corrected chi connectivity index (χ1v) is 21.3. The number of aliphatic hydroxyl groups excluding tert-OH is 2. The molecule has 1 fully saturated rings. The number of carbonyl (C=O) groups is 1. The molecule has 3 aromatic heterocycles. The molecule has 0 saturated heterocycles. The first-order valence-electron chi connectivity index (χ1n) is 21.3. The quantitative estimate of drug-likeness (QED) is 0.0753. The summed E-state index contributed by atoms with van der Waals surface area (Å²) in [5.74, 6) is -2.24. The van der Waals surface area contributed by atoms with E-state index in [0.717, 1.165) is 48.4 Å². The van der Waals surface area contributed by atoms with E-state index in [0.29, 0.717) is 59.6 Å². The van der Waals surface area contributed by atoms with Crippen LogP contribution in [0.5, 0.6) is 17.2 Å². The molecule has 2 aliphatic heterocycles. The smallest absolute Gasteiger partial charge is 0.334 e. The van der Waals surface area contributed by atoms with Crippen molar-refractivity contribution in [1.29, 1.82) is 0 Å². The van der Waals surface area contributed by atoms with E-state index in [1.54, 1.807) is 30.6 Å². The molecule has 5 heterocycles. The number of benzene rings is 2. The van der Waals surface area contributed by atoms with Gasteiger partial charge in [-0.25, -0.2) is 14.8 Å². The van der Waals surface area contributed by atoms with Crippen LogP contribution in [0.15, 0.2) is 75.7 Å². The van der Waals surface area contributed by atoms with E-state index < -0.39 is 54.1 Å². The van der Waals surface area contributed by atoms with Crippen LogP contribution in [-0.4, -0.2) is 54.7 Å². The van der Waals surface area contributed by atoms with Gasteiger partial charge < -0.3 is 45.8 Å². The van der Waals surface area contributed by atoms with Crippen LogP contribution in [0, 0.1) is 11.8 Å². The fourth-order valence-corrected chi connectivity index (χ4v) is 11.0. The number of phenols is 2. The van der Waals surface area contributed by atoms with Crippen molar-refractivity contribution in [2.75, 3.05) is 18.1 Å². The molecular weight excluding hydrogens is 777 g/mol. The highest BCUT2D eigenvalue weighted by Gasteiger charge is 2.54. The predicted molar refractivity (Wildman–Crippen MR) is 228 cm³/mol. The largest absolute Gasteiger partial charge is 0.508 e. The third kappa shape index (κ3) is 6.87. The number of nitrogen functional groups attached to an aromatic ring is 2. The van der Waals surface area contributed by atoms with Crippen molar-refractivity contribution in [1.82, 2.24) is 9.97 Å². The topological polar surface area (TPSA) is 224 Å². The Bertz CT molecular complexity index is 2620. The van der Waals surface area contributed by atoms with Gasteiger partial charge in [-0.15, -0.1) is 0 Å². The van der Waals surface area contributed by atoms with Gasteiger partial charge >= 0.3 is 5.97 Å². The van der Waals surface area contributed by atoms with Crippen molar-refractivity contribution in [3.63, 3.8) is 0 Å². The number of aromatic nitrogens is 2. The average molecular weight is 829 g/mol.